The van der Waals surface area contributed by atoms with Gasteiger partial charge in [-0.05, 0) is 28.4 Å². The Labute approximate surface area is 111 Å². The fourth-order valence-corrected chi connectivity index (χ4v) is 2.57. The molecule has 3 nitrogen and oxygen atoms in total. The molecule has 0 spiro atoms. The quantitative estimate of drug-likeness (QED) is 0.841. The molecule has 0 saturated carbocycles. The Morgan fingerprint density at radius 3 is 2.82 bits per heavy atom. The zero-order chi connectivity index (χ0) is 12.9. The Morgan fingerprint density at radius 2 is 2.29 bits per heavy atom. The summed E-state index contributed by atoms with van der Waals surface area (Å²) in [4.78, 5) is 12.3. The van der Waals surface area contributed by atoms with Crippen LogP contribution < -0.4 is 11.1 Å². The van der Waals surface area contributed by atoms with Crippen molar-refractivity contribution < 1.29 is 13.6 Å². The number of carbonyl (C=O) groups is 1. The van der Waals surface area contributed by atoms with Gasteiger partial charge in [0.2, 0.25) is 5.91 Å². The van der Waals surface area contributed by atoms with Crippen molar-refractivity contribution in [2.75, 3.05) is 13.1 Å². The summed E-state index contributed by atoms with van der Waals surface area (Å²) < 4.78 is 26.4. The van der Waals surface area contributed by atoms with Crippen LogP contribution in [0.5, 0.6) is 0 Å². The van der Waals surface area contributed by atoms with Gasteiger partial charge in [0.1, 0.15) is 0 Å². The maximum atomic E-state index is 12.7. The second kappa shape index (κ2) is 6.42. The number of nitrogens with two attached hydrogens (primary N) is 1. The minimum atomic E-state index is -3.03. The third-order valence-electron chi connectivity index (χ3n) is 2.06. The summed E-state index contributed by atoms with van der Waals surface area (Å²) in [5, 5.41) is 4.09. The number of hydrogen-bond acceptors (Lipinski definition) is 3. The van der Waals surface area contributed by atoms with Crippen LogP contribution in [0.25, 0.3) is 0 Å². The van der Waals surface area contributed by atoms with Gasteiger partial charge in [-0.2, -0.15) is 0 Å². The van der Waals surface area contributed by atoms with Crippen molar-refractivity contribution in [3.63, 3.8) is 0 Å². The van der Waals surface area contributed by atoms with Crippen LogP contribution in [0, 0.1) is 0 Å². The highest BCUT2D eigenvalue weighted by molar-refractivity contribution is 9.10. The Hall–Kier alpha value is -0.530. The minimum Gasteiger partial charge on any atom is -0.350 e. The molecule has 96 valence electrons. The lowest BCUT2D eigenvalue weighted by atomic mass is 10.2. The van der Waals surface area contributed by atoms with Crippen LogP contribution in [0.4, 0.5) is 8.78 Å². The molecule has 1 aromatic heterocycles. The predicted molar refractivity (Wildman–Crippen MR) is 67.4 cm³/mol. The molecule has 0 aromatic carbocycles. The lowest BCUT2D eigenvalue weighted by Gasteiger charge is -2.14. The van der Waals surface area contributed by atoms with Gasteiger partial charge in [0.05, 0.1) is 13.1 Å². The van der Waals surface area contributed by atoms with E-state index in [-0.39, 0.29) is 12.3 Å². The highest BCUT2D eigenvalue weighted by Gasteiger charge is 2.26. The second-order valence-corrected chi connectivity index (χ2v) is 5.48. The highest BCUT2D eigenvalue weighted by atomic mass is 79.9. The van der Waals surface area contributed by atoms with E-state index in [0.29, 0.717) is 6.42 Å². The Balaban J connectivity index is 2.26. The number of hydrogen-bond donors (Lipinski definition) is 2. The molecule has 0 aliphatic heterocycles. The fraction of sp³-hybridized carbons (Fsp3) is 0.500. The Kier molecular flexibility index (Phi) is 5.48. The molecule has 1 aromatic rings. The fourth-order valence-electron chi connectivity index (χ4n) is 1.11. The molecule has 0 saturated heterocycles. The monoisotopic (exact) mass is 326 g/mol. The summed E-state index contributed by atoms with van der Waals surface area (Å²) in [5.74, 6) is -3.41. The number of nitrogens with one attached hydrogen (secondary N) is 1. The van der Waals surface area contributed by atoms with Gasteiger partial charge in [0.15, 0.2) is 0 Å². The number of aryl methyl sites for hydroxylation is 1. The van der Waals surface area contributed by atoms with Crippen molar-refractivity contribution in [1.82, 2.24) is 5.32 Å². The summed E-state index contributed by atoms with van der Waals surface area (Å²) in [7, 11) is 0. The first-order valence-electron chi connectivity index (χ1n) is 5.00. The number of alkyl halides is 2. The summed E-state index contributed by atoms with van der Waals surface area (Å²) in [6.45, 7) is -1.46. The van der Waals surface area contributed by atoms with E-state index in [1.54, 1.807) is 0 Å². The highest BCUT2D eigenvalue weighted by Crippen LogP contribution is 2.20. The topological polar surface area (TPSA) is 55.1 Å². The molecule has 7 heteroatoms. The standard InChI is InChI=1S/C10H13BrF2N2OS/c11-7-3-8(17-4-7)1-2-9(16)15-6-10(12,13)5-14/h3-4H,1-2,5-6,14H2,(H,15,16). The average molecular weight is 327 g/mol. The van der Waals surface area contributed by atoms with E-state index in [1.165, 1.54) is 11.3 Å². The van der Waals surface area contributed by atoms with Crippen LogP contribution >= 0.6 is 27.3 Å². The van der Waals surface area contributed by atoms with Crippen LogP contribution in [-0.4, -0.2) is 24.9 Å². The van der Waals surface area contributed by atoms with Crippen molar-refractivity contribution in [1.29, 1.82) is 0 Å². The number of carbonyl (C=O) groups excluding carboxylic acids is 1. The van der Waals surface area contributed by atoms with E-state index < -0.39 is 19.0 Å². The third-order valence-corrected chi connectivity index (χ3v) is 3.82. The van der Waals surface area contributed by atoms with E-state index in [2.05, 4.69) is 21.2 Å². The zero-order valence-electron chi connectivity index (χ0n) is 9.01. The molecule has 1 heterocycles. The largest absolute Gasteiger partial charge is 0.350 e. The molecule has 17 heavy (non-hydrogen) atoms. The van der Waals surface area contributed by atoms with Gasteiger partial charge in [-0.25, -0.2) is 8.78 Å². The lowest BCUT2D eigenvalue weighted by molar-refractivity contribution is -0.122. The van der Waals surface area contributed by atoms with Crippen LogP contribution in [0.3, 0.4) is 0 Å². The predicted octanol–water partition coefficient (Wildman–Crippen LogP) is 2.15. The van der Waals surface area contributed by atoms with Gasteiger partial charge in [0.25, 0.3) is 5.92 Å². The van der Waals surface area contributed by atoms with Gasteiger partial charge in [-0.1, -0.05) is 0 Å². The van der Waals surface area contributed by atoms with Crippen LogP contribution in [-0.2, 0) is 11.2 Å². The maximum absolute atomic E-state index is 12.7. The zero-order valence-corrected chi connectivity index (χ0v) is 11.4. The first-order chi connectivity index (χ1) is 7.93. The van der Waals surface area contributed by atoms with E-state index in [1.807, 2.05) is 11.4 Å². The Bertz CT molecular complexity index is 384. The number of rotatable bonds is 6. The van der Waals surface area contributed by atoms with Crippen molar-refractivity contribution in [2.45, 2.75) is 18.8 Å². The van der Waals surface area contributed by atoms with E-state index in [4.69, 9.17) is 5.73 Å². The van der Waals surface area contributed by atoms with Crippen LogP contribution in [0.1, 0.15) is 11.3 Å². The number of thiophene rings is 1. The van der Waals surface area contributed by atoms with Gasteiger partial charge < -0.3 is 11.1 Å². The van der Waals surface area contributed by atoms with Crippen molar-refractivity contribution in [3.05, 3.63) is 20.8 Å². The van der Waals surface area contributed by atoms with Crippen molar-refractivity contribution >= 4 is 33.2 Å². The van der Waals surface area contributed by atoms with Gasteiger partial charge in [-0.15, -0.1) is 11.3 Å². The molecule has 1 rings (SSSR count). The number of halogens is 3. The molecule has 0 radical (unpaired) electrons. The minimum absolute atomic E-state index is 0.202. The molecule has 0 atom stereocenters. The summed E-state index contributed by atoms with van der Waals surface area (Å²) in [5.41, 5.74) is 4.86. The van der Waals surface area contributed by atoms with Crippen LogP contribution in [0.15, 0.2) is 15.9 Å². The van der Waals surface area contributed by atoms with Crippen molar-refractivity contribution in [2.24, 2.45) is 5.73 Å². The summed E-state index contributed by atoms with van der Waals surface area (Å²) >= 11 is 4.83. The molecule has 0 bridgehead atoms. The molecule has 1 amide bonds. The molecule has 0 unspecified atom stereocenters. The molecule has 3 N–H and O–H groups in total. The molecule has 0 aliphatic carbocycles. The first-order valence-corrected chi connectivity index (χ1v) is 6.68. The number of amides is 1. The molecular formula is C10H13BrF2N2OS. The maximum Gasteiger partial charge on any atom is 0.277 e. The molecule has 0 fully saturated rings. The van der Waals surface area contributed by atoms with Gasteiger partial charge >= 0.3 is 0 Å². The smallest absolute Gasteiger partial charge is 0.277 e. The normalized spacial score (nSPS) is 11.5. The van der Waals surface area contributed by atoms with Gasteiger partial charge in [-0.3, -0.25) is 4.79 Å². The van der Waals surface area contributed by atoms with Crippen molar-refractivity contribution in [3.8, 4) is 0 Å². The lowest BCUT2D eigenvalue weighted by Crippen LogP contribution is -2.41. The molecular weight excluding hydrogens is 314 g/mol. The third kappa shape index (κ3) is 5.56. The average Bonchev–Trinajstić information content (AvgIpc) is 2.70. The van der Waals surface area contributed by atoms with Crippen LogP contribution in [0.2, 0.25) is 0 Å². The second-order valence-electron chi connectivity index (χ2n) is 3.57. The van der Waals surface area contributed by atoms with E-state index in [0.717, 1.165) is 9.35 Å². The molecule has 0 aliphatic rings. The first kappa shape index (κ1) is 14.5. The van der Waals surface area contributed by atoms with E-state index >= 15 is 0 Å². The summed E-state index contributed by atoms with van der Waals surface area (Å²) in [6, 6.07) is 1.91. The Morgan fingerprint density at radius 1 is 1.59 bits per heavy atom. The summed E-state index contributed by atoms with van der Waals surface area (Å²) in [6.07, 6.45) is 0.754. The SMILES string of the molecule is NCC(F)(F)CNC(=O)CCc1cc(Br)cs1. The van der Waals surface area contributed by atoms with E-state index in [9.17, 15) is 13.6 Å². The van der Waals surface area contributed by atoms with Gasteiger partial charge in [0, 0.05) is 21.2 Å².